The molecule has 2 aliphatic rings. The summed E-state index contributed by atoms with van der Waals surface area (Å²) >= 11 is 0. The molecule has 0 amide bonds. The third kappa shape index (κ3) is 3.28. The molecule has 0 N–H and O–H groups in total. The Labute approximate surface area is 222 Å². The van der Waals surface area contributed by atoms with E-state index in [0.717, 1.165) is 52.2 Å². The Balaban J connectivity index is 1.59. The summed E-state index contributed by atoms with van der Waals surface area (Å²) in [5.74, 6) is 2.38. The van der Waals surface area contributed by atoms with Crippen molar-refractivity contribution < 1.29 is 14.2 Å². The van der Waals surface area contributed by atoms with Crippen molar-refractivity contribution in [3.05, 3.63) is 131 Å². The molecule has 3 nitrogen and oxygen atoms in total. The molecule has 0 spiro atoms. The van der Waals surface area contributed by atoms with Crippen molar-refractivity contribution in [3.63, 3.8) is 0 Å². The molecular weight excluding hydrogens is 468 g/mol. The third-order valence-corrected chi connectivity index (χ3v) is 8.00. The van der Waals surface area contributed by atoms with Crippen molar-refractivity contribution in [1.29, 1.82) is 0 Å². The molecular formula is C35H28O3. The summed E-state index contributed by atoms with van der Waals surface area (Å²) in [6.45, 7) is 0. The van der Waals surface area contributed by atoms with Crippen molar-refractivity contribution in [2.45, 2.75) is 18.4 Å². The van der Waals surface area contributed by atoms with Crippen LogP contribution < -0.4 is 14.2 Å². The van der Waals surface area contributed by atoms with Gasteiger partial charge in [0, 0.05) is 22.3 Å². The van der Waals surface area contributed by atoms with E-state index < -0.39 is 5.60 Å². The molecule has 0 saturated carbocycles. The SMILES string of the molecule is COc1cc2c3c(c4c(c2cc1OC)CCc1ccccc1-4)OC(c1ccccc1)(c1ccccc1)C=C3. The molecule has 7 rings (SSSR count). The average Bonchev–Trinajstić information content (AvgIpc) is 3.00. The lowest BCUT2D eigenvalue weighted by Gasteiger charge is -2.39. The smallest absolute Gasteiger partial charge is 0.178 e. The van der Waals surface area contributed by atoms with Gasteiger partial charge in [0.2, 0.25) is 0 Å². The molecule has 1 aliphatic heterocycles. The van der Waals surface area contributed by atoms with Crippen molar-refractivity contribution >= 4 is 16.8 Å². The molecule has 0 saturated heterocycles. The van der Waals surface area contributed by atoms with Gasteiger partial charge in [-0.2, -0.15) is 0 Å². The topological polar surface area (TPSA) is 27.7 Å². The zero-order valence-corrected chi connectivity index (χ0v) is 21.5. The fourth-order valence-electron chi connectivity index (χ4n) is 6.18. The van der Waals surface area contributed by atoms with Crippen LogP contribution in [0.4, 0.5) is 0 Å². The first kappa shape index (κ1) is 22.7. The van der Waals surface area contributed by atoms with Gasteiger partial charge in [-0.15, -0.1) is 0 Å². The summed E-state index contributed by atoms with van der Waals surface area (Å²) in [5.41, 5.74) is 7.58. The van der Waals surface area contributed by atoms with Crippen LogP contribution in [0.1, 0.15) is 27.8 Å². The number of rotatable bonds is 4. The highest BCUT2D eigenvalue weighted by Crippen LogP contribution is 2.53. The van der Waals surface area contributed by atoms with E-state index in [9.17, 15) is 0 Å². The predicted octanol–water partition coefficient (Wildman–Crippen LogP) is 7.97. The zero-order valence-electron chi connectivity index (χ0n) is 21.5. The maximum absolute atomic E-state index is 7.33. The van der Waals surface area contributed by atoms with E-state index in [1.807, 2.05) is 12.1 Å². The van der Waals surface area contributed by atoms with E-state index in [2.05, 4.69) is 97.1 Å². The minimum Gasteiger partial charge on any atom is -0.493 e. The van der Waals surface area contributed by atoms with Crippen LogP contribution in [0, 0.1) is 0 Å². The van der Waals surface area contributed by atoms with Crippen LogP contribution in [0.5, 0.6) is 17.2 Å². The third-order valence-electron chi connectivity index (χ3n) is 8.00. The van der Waals surface area contributed by atoms with Crippen molar-refractivity contribution in [1.82, 2.24) is 0 Å². The summed E-state index contributed by atoms with van der Waals surface area (Å²) in [7, 11) is 3.38. The lowest BCUT2D eigenvalue weighted by atomic mass is 9.78. The number of ether oxygens (including phenoxy) is 3. The van der Waals surface area contributed by atoms with Crippen LogP contribution in [-0.4, -0.2) is 14.2 Å². The molecule has 0 atom stereocenters. The Hall–Kier alpha value is -4.50. The number of methoxy groups -OCH3 is 2. The van der Waals surface area contributed by atoms with Gasteiger partial charge in [-0.3, -0.25) is 0 Å². The monoisotopic (exact) mass is 496 g/mol. The van der Waals surface area contributed by atoms with Gasteiger partial charge in [0.25, 0.3) is 0 Å². The first-order valence-corrected chi connectivity index (χ1v) is 13.1. The number of fused-ring (bicyclic) bond motifs is 8. The fourth-order valence-corrected chi connectivity index (χ4v) is 6.18. The molecule has 1 heterocycles. The normalized spacial score (nSPS) is 14.7. The molecule has 186 valence electrons. The van der Waals surface area contributed by atoms with Gasteiger partial charge in [-0.05, 0) is 64.6 Å². The Morgan fingerprint density at radius 1 is 0.684 bits per heavy atom. The zero-order chi connectivity index (χ0) is 25.7. The van der Waals surface area contributed by atoms with Gasteiger partial charge in [0.05, 0.1) is 14.2 Å². The van der Waals surface area contributed by atoms with Crippen molar-refractivity contribution in [3.8, 4) is 28.4 Å². The fraction of sp³-hybridized carbons (Fsp3) is 0.143. The summed E-state index contributed by atoms with van der Waals surface area (Å²) in [6.07, 6.45) is 6.37. The van der Waals surface area contributed by atoms with E-state index in [1.165, 1.54) is 27.6 Å². The highest BCUT2D eigenvalue weighted by Gasteiger charge is 2.40. The molecule has 0 bridgehead atoms. The first-order chi connectivity index (χ1) is 18.7. The van der Waals surface area contributed by atoms with Crippen LogP contribution in [0.25, 0.3) is 28.0 Å². The largest absolute Gasteiger partial charge is 0.493 e. The molecule has 0 unspecified atom stereocenters. The lowest BCUT2D eigenvalue weighted by Crippen LogP contribution is -2.34. The van der Waals surface area contributed by atoms with Crippen LogP contribution in [0.15, 0.2) is 103 Å². The molecule has 5 aromatic rings. The molecule has 38 heavy (non-hydrogen) atoms. The summed E-state index contributed by atoms with van der Waals surface area (Å²) in [5, 5.41) is 2.30. The van der Waals surface area contributed by atoms with E-state index in [4.69, 9.17) is 14.2 Å². The van der Waals surface area contributed by atoms with Crippen molar-refractivity contribution in [2.24, 2.45) is 0 Å². The summed E-state index contributed by atoms with van der Waals surface area (Å²) in [4.78, 5) is 0. The van der Waals surface area contributed by atoms with Gasteiger partial charge in [-0.1, -0.05) is 84.9 Å². The second kappa shape index (κ2) is 8.81. The van der Waals surface area contributed by atoms with E-state index in [-0.39, 0.29) is 0 Å². The Bertz CT molecular complexity index is 1660. The minimum absolute atomic E-state index is 0.717. The summed E-state index contributed by atoms with van der Waals surface area (Å²) < 4.78 is 18.8. The predicted molar refractivity (Wildman–Crippen MR) is 153 cm³/mol. The van der Waals surface area contributed by atoms with Gasteiger partial charge in [0.15, 0.2) is 17.1 Å². The van der Waals surface area contributed by atoms with E-state index >= 15 is 0 Å². The van der Waals surface area contributed by atoms with E-state index in [0.29, 0.717) is 0 Å². The number of aryl methyl sites for hydroxylation is 2. The van der Waals surface area contributed by atoms with Crippen molar-refractivity contribution in [2.75, 3.05) is 14.2 Å². The second-order valence-electron chi connectivity index (χ2n) is 9.91. The van der Waals surface area contributed by atoms with E-state index in [1.54, 1.807) is 14.2 Å². The Morgan fingerprint density at radius 2 is 1.29 bits per heavy atom. The Kier molecular flexibility index (Phi) is 5.26. The van der Waals surface area contributed by atoms with Crippen LogP contribution >= 0.6 is 0 Å². The molecule has 3 heteroatoms. The Morgan fingerprint density at radius 3 is 1.95 bits per heavy atom. The van der Waals surface area contributed by atoms with Gasteiger partial charge in [0.1, 0.15) is 5.75 Å². The van der Waals surface area contributed by atoms with Gasteiger partial charge < -0.3 is 14.2 Å². The molecule has 0 aromatic heterocycles. The molecule has 0 radical (unpaired) electrons. The quantitative estimate of drug-likeness (QED) is 0.252. The van der Waals surface area contributed by atoms with Crippen LogP contribution in [-0.2, 0) is 18.4 Å². The van der Waals surface area contributed by atoms with Crippen LogP contribution in [0.2, 0.25) is 0 Å². The van der Waals surface area contributed by atoms with Gasteiger partial charge in [-0.25, -0.2) is 0 Å². The lowest BCUT2D eigenvalue weighted by molar-refractivity contribution is 0.162. The molecule has 1 aliphatic carbocycles. The number of hydrogen-bond donors (Lipinski definition) is 0. The summed E-state index contributed by atoms with van der Waals surface area (Å²) in [6, 6.07) is 34.0. The maximum atomic E-state index is 7.33. The highest BCUT2D eigenvalue weighted by atomic mass is 16.5. The maximum Gasteiger partial charge on any atom is 0.178 e. The second-order valence-corrected chi connectivity index (χ2v) is 9.91. The molecule has 5 aromatic carbocycles. The number of benzene rings is 5. The van der Waals surface area contributed by atoms with Crippen LogP contribution in [0.3, 0.4) is 0 Å². The first-order valence-electron chi connectivity index (χ1n) is 13.1. The standard InChI is InChI=1S/C35H28O3/c1-36-31-21-29-27-18-17-23-11-9-10-16-26(23)33(27)34-28(30(29)22-32(31)37-2)19-20-35(38-34,24-12-5-3-6-13-24)25-14-7-4-8-15-25/h3-16,19-22H,17-18H2,1-2H3. The average molecular weight is 497 g/mol. The number of hydrogen-bond acceptors (Lipinski definition) is 3. The van der Waals surface area contributed by atoms with Gasteiger partial charge >= 0.3 is 0 Å². The minimum atomic E-state index is -0.750. The highest BCUT2D eigenvalue weighted by molar-refractivity contribution is 6.04. The molecule has 0 fully saturated rings.